The number of aromatic nitrogens is 4. The highest BCUT2D eigenvalue weighted by Gasteiger charge is 2.21. The third kappa shape index (κ3) is 5.55. The van der Waals surface area contributed by atoms with Crippen LogP contribution in [0.1, 0.15) is 24.4 Å². The van der Waals surface area contributed by atoms with Crippen molar-refractivity contribution in [3.63, 3.8) is 0 Å². The van der Waals surface area contributed by atoms with Gasteiger partial charge < -0.3 is 10.1 Å². The van der Waals surface area contributed by atoms with Gasteiger partial charge in [-0.05, 0) is 43.7 Å². The fourth-order valence-corrected chi connectivity index (χ4v) is 4.96. The zero-order valence-electron chi connectivity index (χ0n) is 18.1. The van der Waals surface area contributed by atoms with Gasteiger partial charge in [-0.2, -0.15) is 0 Å². The summed E-state index contributed by atoms with van der Waals surface area (Å²) in [6, 6.07) is 13.4. The molecule has 7 nitrogen and oxygen atoms in total. The Morgan fingerprint density at radius 1 is 1.33 bits per heavy atom. The van der Waals surface area contributed by atoms with Gasteiger partial charge in [0.2, 0.25) is 5.91 Å². The average molecular weight is 500 g/mol. The molecule has 1 unspecified atom stereocenters. The lowest BCUT2D eigenvalue weighted by atomic mass is 10.2. The molecule has 2 heterocycles. The molecule has 0 saturated carbocycles. The highest BCUT2D eigenvalue weighted by atomic mass is 35.5. The van der Waals surface area contributed by atoms with Crippen molar-refractivity contribution in [1.82, 2.24) is 19.7 Å². The van der Waals surface area contributed by atoms with Crippen LogP contribution >= 0.6 is 34.7 Å². The van der Waals surface area contributed by atoms with Gasteiger partial charge in [0.15, 0.2) is 22.2 Å². The Morgan fingerprint density at radius 3 is 2.94 bits per heavy atom. The molecule has 10 heteroatoms. The molecule has 0 fully saturated rings. The molecule has 0 aliphatic heterocycles. The highest BCUT2D eigenvalue weighted by molar-refractivity contribution is 7.99. The average Bonchev–Trinajstić information content (AvgIpc) is 3.38. The smallest absolute Gasteiger partial charge is 0.236 e. The number of allylic oxidation sites excluding steroid dienone is 1. The van der Waals surface area contributed by atoms with Crippen LogP contribution in [0.3, 0.4) is 0 Å². The molecule has 1 atom stereocenters. The number of aryl methyl sites for hydroxylation is 1. The van der Waals surface area contributed by atoms with E-state index in [-0.39, 0.29) is 11.7 Å². The van der Waals surface area contributed by atoms with E-state index in [0.717, 1.165) is 15.8 Å². The number of thioether (sulfide) groups is 1. The Morgan fingerprint density at radius 2 is 2.15 bits per heavy atom. The third-order valence-electron chi connectivity index (χ3n) is 4.68. The van der Waals surface area contributed by atoms with Crippen molar-refractivity contribution in [1.29, 1.82) is 0 Å². The number of para-hydroxylation sites is 1. The Hall–Kier alpha value is -2.88. The van der Waals surface area contributed by atoms with Crippen LogP contribution in [0.15, 0.2) is 60.3 Å². The van der Waals surface area contributed by atoms with Crippen LogP contribution < -0.4 is 10.1 Å². The van der Waals surface area contributed by atoms with E-state index in [9.17, 15) is 4.79 Å². The normalized spacial score (nSPS) is 12.0. The second-order valence-electron chi connectivity index (χ2n) is 7.26. The standard InChI is InChI=1S/C23H22ClN5O2S2/c1-4-11-29-21(15(3)31-18-12-14(2)9-10-16(18)24)27-28-23(29)32-13-20(30)26-22-25-17-7-5-6-8-19(17)33-22/h4-10,12,15H,1,11,13H2,2-3H3,(H,25,26,30). The van der Waals surface area contributed by atoms with Crippen molar-refractivity contribution in [3.8, 4) is 5.75 Å². The van der Waals surface area contributed by atoms with Gasteiger partial charge in [0.1, 0.15) is 5.75 Å². The molecule has 2 aromatic heterocycles. The summed E-state index contributed by atoms with van der Waals surface area (Å²) in [6.45, 7) is 8.17. The molecule has 4 rings (SSSR count). The number of fused-ring (bicyclic) bond motifs is 1. The van der Waals surface area contributed by atoms with Crippen molar-refractivity contribution in [3.05, 3.63) is 71.5 Å². The Balaban J connectivity index is 1.43. The number of amides is 1. The molecule has 0 radical (unpaired) electrons. The van der Waals surface area contributed by atoms with Crippen molar-refractivity contribution < 1.29 is 9.53 Å². The van der Waals surface area contributed by atoms with Crippen molar-refractivity contribution >= 4 is 56.0 Å². The zero-order chi connectivity index (χ0) is 23.4. The Bertz CT molecular complexity index is 1270. The predicted octanol–water partition coefficient (Wildman–Crippen LogP) is 5.91. The molecular weight excluding hydrogens is 478 g/mol. The lowest BCUT2D eigenvalue weighted by molar-refractivity contribution is -0.113. The second kappa shape index (κ2) is 10.4. The van der Waals surface area contributed by atoms with E-state index in [1.54, 1.807) is 12.1 Å². The summed E-state index contributed by atoms with van der Waals surface area (Å²) >= 11 is 9.01. The monoisotopic (exact) mass is 499 g/mol. The lowest BCUT2D eigenvalue weighted by Crippen LogP contribution is -2.15. The number of carbonyl (C=O) groups is 1. The van der Waals surface area contributed by atoms with Crippen LogP contribution in [-0.2, 0) is 11.3 Å². The van der Waals surface area contributed by atoms with Crippen LogP contribution in [0.25, 0.3) is 10.2 Å². The second-order valence-corrected chi connectivity index (χ2v) is 9.64. The summed E-state index contributed by atoms with van der Waals surface area (Å²) in [5.41, 5.74) is 1.91. The minimum atomic E-state index is -0.400. The van der Waals surface area contributed by atoms with Gasteiger partial charge in [-0.1, -0.05) is 59.0 Å². The summed E-state index contributed by atoms with van der Waals surface area (Å²) in [7, 11) is 0. The van der Waals surface area contributed by atoms with Crippen LogP contribution in [-0.4, -0.2) is 31.4 Å². The van der Waals surface area contributed by atoms with Crippen molar-refractivity contribution in [2.24, 2.45) is 0 Å². The van der Waals surface area contributed by atoms with Gasteiger partial charge in [-0.25, -0.2) is 4.98 Å². The molecule has 4 aromatic rings. The molecular formula is C23H22ClN5O2S2. The maximum atomic E-state index is 12.5. The number of hydrogen-bond acceptors (Lipinski definition) is 7. The highest BCUT2D eigenvalue weighted by Crippen LogP contribution is 2.31. The molecule has 1 N–H and O–H groups in total. The van der Waals surface area contributed by atoms with Gasteiger partial charge in [0.25, 0.3) is 0 Å². The minimum absolute atomic E-state index is 0.162. The molecule has 0 bridgehead atoms. The molecule has 1 amide bonds. The third-order valence-corrected chi connectivity index (χ3v) is 6.91. The summed E-state index contributed by atoms with van der Waals surface area (Å²) in [4.78, 5) is 16.9. The number of rotatable bonds is 9. The van der Waals surface area contributed by atoms with Gasteiger partial charge in [-0.15, -0.1) is 16.8 Å². The lowest BCUT2D eigenvalue weighted by Gasteiger charge is -2.17. The number of ether oxygens (including phenoxy) is 1. The molecule has 33 heavy (non-hydrogen) atoms. The number of benzene rings is 2. The topological polar surface area (TPSA) is 81.9 Å². The van der Waals surface area contributed by atoms with Gasteiger partial charge >= 0.3 is 0 Å². The SMILES string of the molecule is C=CCn1c(SCC(=O)Nc2nc3ccccc3s2)nnc1C(C)Oc1cc(C)ccc1Cl. The summed E-state index contributed by atoms with van der Waals surface area (Å²) in [6.07, 6.45) is 1.35. The van der Waals surface area contributed by atoms with E-state index < -0.39 is 6.10 Å². The summed E-state index contributed by atoms with van der Waals surface area (Å²) in [5, 5.41) is 13.2. The van der Waals surface area contributed by atoms with E-state index in [1.165, 1.54) is 23.1 Å². The maximum Gasteiger partial charge on any atom is 0.236 e. The number of hydrogen-bond donors (Lipinski definition) is 1. The predicted molar refractivity (Wildman–Crippen MR) is 134 cm³/mol. The molecule has 0 aliphatic carbocycles. The van der Waals surface area contributed by atoms with E-state index in [0.29, 0.717) is 33.4 Å². The van der Waals surface area contributed by atoms with Crippen LogP contribution in [0.4, 0.5) is 5.13 Å². The van der Waals surface area contributed by atoms with Crippen LogP contribution in [0, 0.1) is 6.92 Å². The minimum Gasteiger partial charge on any atom is -0.481 e. The first kappa shape index (κ1) is 23.3. The van der Waals surface area contributed by atoms with Crippen molar-refractivity contribution in [2.45, 2.75) is 31.7 Å². The fourth-order valence-electron chi connectivity index (χ4n) is 3.16. The number of nitrogens with one attached hydrogen (secondary N) is 1. The van der Waals surface area contributed by atoms with Gasteiger partial charge in [-0.3, -0.25) is 9.36 Å². The first-order chi connectivity index (χ1) is 15.9. The molecule has 0 saturated heterocycles. The van der Waals surface area contributed by atoms with E-state index in [4.69, 9.17) is 16.3 Å². The number of nitrogens with zero attached hydrogens (tertiary/aromatic N) is 4. The zero-order valence-corrected chi connectivity index (χ0v) is 20.5. The number of halogens is 1. The molecule has 170 valence electrons. The van der Waals surface area contributed by atoms with E-state index >= 15 is 0 Å². The fraction of sp³-hybridized carbons (Fsp3) is 0.217. The van der Waals surface area contributed by atoms with Gasteiger partial charge in [0, 0.05) is 6.54 Å². The Labute approximate surface area is 204 Å². The van der Waals surface area contributed by atoms with Crippen LogP contribution in [0.5, 0.6) is 5.75 Å². The molecule has 0 aliphatic rings. The first-order valence-corrected chi connectivity index (χ1v) is 12.4. The summed E-state index contributed by atoms with van der Waals surface area (Å²) < 4.78 is 8.97. The maximum absolute atomic E-state index is 12.5. The summed E-state index contributed by atoms with van der Waals surface area (Å²) in [5.74, 6) is 1.22. The largest absolute Gasteiger partial charge is 0.481 e. The van der Waals surface area contributed by atoms with E-state index in [1.807, 2.05) is 54.8 Å². The number of carbonyl (C=O) groups excluding carboxylic acids is 1. The number of thiazole rings is 1. The van der Waals surface area contributed by atoms with E-state index in [2.05, 4.69) is 27.1 Å². The van der Waals surface area contributed by atoms with Gasteiger partial charge in [0.05, 0.1) is 21.0 Å². The Kier molecular flexibility index (Phi) is 7.32. The quantitative estimate of drug-likeness (QED) is 0.228. The first-order valence-electron chi connectivity index (χ1n) is 10.2. The number of anilines is 1. The molecule has 0 spiro atoms. The molecule has 2 aromatic carbocycles. The van der Waals surface area contributed by atoms with Crippen LogP contribution in [0.2, 0.25) is 5.02 Å². The van der Waals surface area contributed by atoms with Crippen molar-refractivity contribution in [2.75, 3.05) is 11.1 Å².